The van der Waals surface area contributed by atoms with E-state index in [4.69, 9.17) is 5.26 Å². The number of anilines is 2. The number of aromatic nitrogens is 2. The highest BCUT2D eigenvalue weighted by atomic mass is 16.1. The van der Waals surface area contributed by atoms with E-state index >= 15 is 0 Å². The van der Waals surface area contributed by atoms with Crippen LogP contribution in [-0.4, -0.2) is 9.55 Å². The third-order valence-electron chi connectivity index (χ3n) is 2.32. The molecule has 2 aromatic rings. The van der Waals surface area contributed by atoms with Crippen molar-refractivity contribution in [3.8, 4) is 6.07 Å². The number of benzene rings is 1. The molecule has 1 aromatic carbocycles. The third kappa shape index (κ3) is 2.16. The summed E-state index contributed by atoms with van der Waals surface area (Å²) in [4.78, 5) is 15.7. The Kier molecular flexibility index (Phi) is 2.88. The van der Waals surface area contributed by atoms with Gasteiger partial charge in [0.1, 0.15) is 6.07 Å². The third-order valence-corrected chi connectivity index (χ3v) is 2.32. The van der Waals surface area contributed by atoms with Gasteiger partial charge in [-0.05, 0) is 12.1 Å². The molecule has 1 aromatic heterocycles. The van der Waals surface area contributed by atoms with E-state index in [0.29, 0.717) is 11.3 Å². The Bertz CT molecular complexity index is 639. The molecule has 0 fully saturated rings. The predicted molar refractivity (Wildman–Crippen MR) is 63.9 cm³/mol. The minimum atomic E-state index is -0.236. The fourth-order valence-corrected chi connectivity index (χ4v) is 1.40. The summed E-state index contributed by atoms with van der Waals surface area (Å²) < 4.78 is 1.42. The standard InChI is InChI=1S/C12H10N4O/c1-16-7-6-14-11(12(16)17)15-10-5-3-2-4-9(10)8-13/h2-7H,1H3,(H,14,15). The molecule has 0 saturated heterocycles. The minimum absolute atomic E-state index is 0.206. The minimum Gasteiger partial charge on any atom is -0.335 e. The van der Waals surface area contributed by atoms with E-state index in [9.17, 15) is 4.79 Å². The Hall–Kier alpha value is -2.61. The van der Waals surface area contributed by atoms with E-state index in [-0.39, 0.29) is 11.4 Å². The SMILES string of the molecule is Cn1ccnc(Nc2ccccc2C#N)c1=O. The van der Waals surface area contributed by atoms with Crippen molar-refractivity contribution in [2.75, 3.05) is 5.32 Å². The molecule has 2 rings (SSSR count). The Morgan fingerprint density at radius 2 is 2.18 bits per heavy atom. The smallest absolute Gasteiger partial charge is 0.293 e. The van der Waals surface area contributed by atoms with Gasteiger partial charge in [-0.1, -0.05) is 12.1 Å². The van der Waals surface area contributed by atoms with Crippen LogP contribution >= 0.6 is 0 Å². The molecule has 0 saturated carbocycles. The maximum Gasteiger partial charge on any atom is 0.293 e. The van der Waals surface area contributed by atoms with Crippen LogP contribution in [0.4, 0.5) is 11.5 Å². The van der Waals surface area contributed by atoms with Gasteiger partial charge in [-0.15, -0.1) is 0 Å². The average Bonchev–Trinajstić information content (AvgIpc) is 2.35. The van der Waals surface area contributed by atoms with Crippen molar-refractivity contribution in [1.29, 1.82) is 5.26 Å². The van der Waals surface area contributed by atoms with Crippen LogP contribution in [0.2, 0.25) is 0 Å². The van der Waals surface area contributed by atoms with Crippen LogP contribution in [0.5, 0.6) is 0 Å². The summed E-state index contributed by atoms with van der Waals surface area (Å²) in [5.41, 5.74) is 0.811. The van der Waals surface area contributed by atoms with Gasteiger partial charge in [-0.2, -0.15) is 5.26 Å². The molecule has 1 heterocycles. The molecular formula is C12H10N4O. The Labute approximate surface area is 98.0 Å². The lowest BCUT2D eigenvalue weighted by molar-refractivity contribution is 0.845. The van der Waals surface area contributed by atoms with Crippen LogP contribution in [0.25, 0.3) is 0 Å². The van der Waals surface area contributed by atoms with Gasteiger partial charge >= 0.3 is 0 Å². The molecule has 0 aliphatic carbocycles. The van der Waals surface area contributed by atoms with Gasteiger partial charge in [0.2, 0.25) is 0 Å². The van der Waals surface area contributed by atoms with Crippen LogP contribution in [0.1, 0.15) is 5.56 Å². The molecule has 0 spiro atoms. The molecule has 5 nitrogen and oxygen atoms in total. The highest BCUT2D eigenvalue weighted by molar-refractivity contribution is 5.63. The molecule has 17 heavy (non-hydrogen) atoms. The number of rotatable bonds is 2. The average molecular weight is 226 g/mol. The molecule has 0 radical (unpaired) electrons. The normalized spacial score (nSPS) is 9.65. The fraction of sp³-hybridized carbons (Fsp3) is 0.0833. The van der Waals surface area contributed by atoms with Gasteiger partial charge in [0.05, 0.1) is 11.3 Å². The van der Waals surface area contributed by atoms with E-state index in [0.717, 1.165) is 0 Å². The summed E-state index contributed by atoms with van der Waals surface area (Å²) in [7, 11) is 1.64. The van der Waals surface area contributed by atoms with Gasteiger partial charge in [0.15, 0.2) is 5.82 Å². The fourth-order valence-electron chi connectivity index (χ4n) is 1.40. The second-order valence-electron chi connectivity index (χ2n) is 3.47. The summed E-state index contributed by atoms with van der Waals surface area (Å²) >= 11 is 0. The monoisotopic (exact) mass is 226 g/mol. The lowest BCUT2D eigenvalue weighted by Crippen LogP contribution is -2.20. The summed E-state index contributed by atoms with van der Waals surface area (Å²) in [6.07, 6.45) is 3.10. The molecule has 1 N–H and O–H groups in total. The van der Waals surface area contributed by atoms with Gasteiger partial charge in [-0.25, -0.2) is 4.98 Å². The maximum atomic E-state index is 11.7. The zero-order chi connectivity index (χ0) is 12.3. The zero-order valence-electron chi connectivity index (χ0n) is 9.21. The largest absolute Gasteiger partial charge is 0.335 e. The Balaban J connectivity index is 2.43. The quantitative estimate of drug-likeness (QED) is 0.840. The van der Waals surface area contributed by atoms with Crippen LogP contribution in [-0.2, 0) is 7.05 Å². The topological polar surface area (TPSA) is 70.7 Å². The summed E-state index contributed by atoms with van der Waals surface area (Å²) in [5.74, 6) is 0.206. The first-order chi connectivity index (χ1) is 8.22. The van der Waals surface area contributed by atoms with Crippen LogP contribution < -0.4 is 10.9 Å². The Morgan fingerprint density at radius 3 is 2.94 bits per heavy atom. The highest BCUT2D eigenvalue weighted by Crippen LogP contribution is 2.16. The molecular weight excluding hydrogens is 216 g/mol. The first-order valence-corrected chi connectivity index (χ1v) is 5.00. The van der Waals surface area contributed by atoms with Crippen molar-refractivity contribution in [2.24, 2.45) is 7.05 Å². The Morgan fingerprint density at radius 1 is 1.41 bits per heavy atom. The molecule has 0 amide bonds. The number of nitrogens with one attached hydrogen (secondary N) is 1. The van der Waals surface area contributed by atoms with E-state index in [1.54, 1.807) is 37.5 Å². The van der Waals surface area contributed by atoms with Crippen molar-refractivity contribution in [3.05, 3.63) is 52.6 Å². The lowest BCUT2D eigenvalue weighted by Gasteiger charge is -2.07. The second-order valence-corrected chi connectivity index (χ2v) is 3.47. The van der Waals surface area contributed by atoms with Gasteiger partial charge < -0.3 is 9.88 Å². The van der Waals surface area contributed by atoms with E-state index in [1.807, 2.05) is 0 Å². The molecule has 5 heteroatoms. The number of nitriles is 1. The van der Waals surface area contributed by atoms with Gasteiger partial charge in [0, 0.05) is 19.4 Å². The first-order valence-electron chi connectivity index (χ1n) is 5.00. The number of nitrogens with zero attached hydrogens (tertiary/aromatic N) is 3. The van der Waals surface area contributed by atoms with Crippen LogP contribution in [0, 0.1) is 11.3 Å². The molecule has 0 unspecified atom stereocenters. The molecule has 0 atom stereocenters. The van der Waals surface area contributed by atoms with Crippen molar-refractivity contribution in [2.45, 2.75) is 0 Å². The number of aryl methyl sites for hydroxylation is 1. The van der Waals surface area contributed by atoms with Crippen molar-refractivity contribution < 1.29 is 0 Å². The highest BCUT2D eigenvalue weighted by Gasteiger charge is 2.05. The van der Waals surface area contributed by atoms with Crippen LogP contribution in [0.15, 0.2) is 41.5 Å². The first kappa shape index (κ1) is 10.9. The molecule has 0 aliphatic rings. The van der Waals surface area contributed by atoms with E-state index < -0.39 is 0 Å². The number of hydrogen-bond donors (Lipinski definition) is 1. The maximum absolute atomic E-state index is 11.7. The summed E-state index contributed by atoms with van der Waals surface area (Å²) in [6, 6.07) is 9.01. The second kappa shape index (κ2) is 4.49. The number of hydrogen-bond acceptors (Lipinski definition) is 4. The predicted octanol–water partition coefficient (Wildman–Crippen LogP) is 1.40. The molecule has 0 aliphatic heterocycles. The van der Waals surface area contributed by atoms with Crippen molar-refractivity contribution in [1.82, 2.24) is 9.55 Å². The van der Waals surface area contributed by atoms with Gasteiger partial charge in [-0.3, -0.25) is 4.79 Å². The number of para-hydroxylation sites is 1. The van der Waals surface area contributed by atoms with Crippen LogP contribution in [0.3, 0.4) is 0 Å². The molecule has 0 bridgehead atoms. The van der Waals surface area contributed by atoms with E-state index in [2.05, 4.69) is 16.4 Å². The summed E-state index contributed by atoms with van der Waals surface area (Å²) in [6.45, 7) is 0. The van der Waals surface area contributed by atoms with Crippen molar-refractivity contribution >= 4 is 11.5 Å². The zero-order valence-corrected chi connectivity index (χ0v) is 9.21. The van der Waals surface area contributed by atoms with E-state index in [1.165, 1.54) is 10.8 Å². The lowest BCUT2D eigenvalue weighted by atomic mass is 10.2. The van der Waals surface area contributed by atoms with Gasteiger partial charge in [0.25, 0.3) is 5.56 Å². The summed E-state index contributed by atoms with van der Waals surface area (Å²) in [5, 5.41) is 11.8. The van der Waals surface area contributed by atoms with Crippen molar-refractivity contribution in [3.63, 3.8) is 0 Å². The molecule has 84 valence electrons.